The maximum atomic E-state index is 11.4. The molecule has 1 rings (SSSR count). The van der Waals surface area contributed by atoms with E-state index in [0.717, 1.165) is 0 Å². The van der Waals surface area contributed by atoms with Gasteiger partial charge in [-0.1, -0.05) is 5.11 Å². The summed E-state index contributed by atoms with van der Waals surface area (Å²) in [6, 6.07) is 0. The highest BCUT2D eigenvalue weighted by Gasteiger charge is 2.32. The van der Waals surface area contributed by atoms with E-state index in [9.17, 15) is 14.4 Å². The third kappa shape index (κ3) is 7.02. The van der Waals surface area contributed by atoms with Crippen molar-refractivity contribution in [3.63, 3.8) is 0 Å². The minimum absolute atomic E-state index is 0.0468. The van der Waals surface area contributed by atoms with E-state index >= 15 is 0 Å². The molecule has 0 aromatic heterocycles. The number of azide groups is 1. The molecule has 0 unspecified atom stereocenters. The first-order valence-electron chi connectivity index (χ1n) is 6.88. The monoisotopic (exact) mass is 314 g/mol. The molecule has 0 spiro atoms. The van der Waals surface area contributed by atoms with Crippen LogP contribution in [0, 0.1) is 0 Å². The zero-order chi connectivity index (χ0) is 16.2. The quantitative estimate of drug-likeness (QED) is 0.181. The van der Waals surface area contributed by atoms with Crippen LogP contribution in [0.2, 0.25) is 0 Å². The molecule has 0 aromatic carbocycles. The summed E-state index contributed by atoms with van der Waals surface area (Å²) in [4.78, 5) is 41.1. The molecule has 122 valence electrons. The minimum atomic E-state index is -0.686. The Morgan fingerprint density at radius 2 is 1.77 bits per heavy atom. The lowest BCUT2D eigenvalue weighted by Crippen LogP contribution is -2.32. The second-order valence-corrected chi connectivity index (χ2v) is 4.33. The number of rotatable bonds is 11. The van der Waals surface area contributed by atoms with Crippen LogP contribution >= 0.6 is 0 Å². The average Bonchev–Trinajstić information content (AvgIpc) is 2.81. The fraction of sp³-hybridized carbons (Fsp3) is 0.750. The zero-order valence-electron chi connectivity index (χ0n) is 12.1. The standard InChI is InChI=1S/C12H18N4O6/c13-15-14-5-9-21-7-1-6-20-8-4-12(19)22-16-10(17)2-3-11(16)18/h1-9H2. The van der Waals surface area contributed by atoms with E-state index in [-0.39, 0.29) is 32.4 Å². The average molecular weight is 314 g/mol. The second kappa shape index (κ2) is 10.6. The molecule has 10 heteroatoms. The van der Waals surface area contributed by atoms with Crippen LogP contribution < -0.4 is 0 Å². The molecule has 0 atom stereocenters. The predicted molar refractivity (Wildman–Crippen MR) is 72.1 cm³/mol. The molecule has 1 fully saturated rings. The van der Waals surface area contributed by atoms with Gasteiger partial charge < -0.3 is 14.3 Å². The molecule has 0 radical (unpaired) electrons. The SMILES string of the molecule is [N-]=[N+]=NCCOCCCOCCC(=O)ON1C(=O)CCC1=O. The highest BCUT2D eigenvalue weighted by Crippen LogP contribution is 2.12. The molecule has 22 heavy (non-hydrogen) atoms. The summed E-state index contributed by atoms with van der Waals surface area (Å²) >= 11 is 0. The molecular formula is C12H18N4O6. The van der Waals surface area contributed by atoms with Gasteiger partial charge >= 0.3 is 5.97 Å². The van der Waals surface area contributed by atoms with Gasteiger partial charge in [-0.15, -0.1) is 5.06 Å². The van der Waals surface area contributed by atoms with Crippen molar-refractivity contribution in [3.05, 3.63) is 10.4 Å². The third-order valence-electron chi connectivity index (χ3n) is 2.63. The van der Waals surface area contributed by atoms with Crippen LogP contribution in [0.5, 0.6) is 0 Å². The lowest BCUT2D eigenvalue weighted by atomic mass is 10.4. The predicted octanol–water partition coefficient (Wildman–Crippen LogP) is 0.717. The van der Waals surface area contributed by atoms with Gasteiger partial charge in [0.25, 0.3) is 11.8 Å². The van der Waals surface area contributed by atoms with Gasteiger partial charge in [0.1, 0.15) is 0 Å². The van der Waals surface area contributed by atoms with Crippen molar-refractivity contribution in [1.29, 1.82) is 0 Å². The Kier molecular flexibility index (Phi) is 8.58. The summed E-state index contributed by atoms with van der Waals surface area (Å²) in [5.74, 6) is -1.69. The van der Waals surface area contributed by atoms with Crippen molar-refractivity contribution in [2.45, 2.75) is 25.7 Å². The van der Waals surface area contributed by atoms with E-state index in [4.69, 9.17) is 15.0 Å². The van der Waals surface area contributed by atoms with Crippen molar-refractivity contribution >= 4 is 17.8 Å². The Labute approximate surface area is 126 Å². The number of imide groups is 1. The van der Waals surface area contributed by atoms with Crippen LogP contribution in [-0.4, -0.2) is 55.8 Å². The maximum Gasteiger partial charge on any atom is 0.335 e. The number of carbonyl (C=O) groups excluding carboxylic acids is 3. The van der Waals surface area contributed by atoms with Gasteiger partial charge in [0.2, 0.25) is 0 Å². The van der Waals surface area contributed by atoms with Gasteiger partial charge in [0.15, 0.2) is 0 Å². The first kappa shape index (κ1) is 17.9. The molecule has 1 aliphatic rings. The Morgan fingerprint density at radius 1 is 1.14 bits per heavy atom. The van der Waals surface area contributed by atoms with Gasteiger partial charge in [0, 0.05) is 37.5 Å². The van der Waals surface area contributed by atoms with E-state index in [1.807, 2.05) is 0 Å². The summed E-state index contributed by atoms with van der Waals surface area (Å²) in [5.41, 5.74) is 8.03. The number of hydrogen-bond donors (Lipinski definition) is 0. The minimum Gasteiger partial charge on any atom is -0.381 e. The summed E-state index contributed by atoms with van der Waals surface area (Å²) in [5, 5.41) is 3.83. The van der Waals surface area contributed by atoms with Crippen molar-refractivity contribution in [1.82, 2.24) is 5.06 Å². The van der Waals surface area contributed by atoms with E-state index in [0.29, 0.717) is 31.3 Å². The van der Waals surface area contributed by atoms with Crippen LogP contribution in [0.1, 0.15) is 25.7 Å². The van der Waals surface area contributed by atoms with E-state index in [1.165, 1.54) is 0 Å². The van der Waals surface area contributed by atoms with E-state index < -0.39 is 17.8 Å². The molecular weight excluding hydrogens is 296 g/mol. The van der Waals surface area contributed by atoms with E-state index in [2.05, 4.69) is 14.9 Å². The lowest BCUT2D eigenvalue weighted by Gasteiger charge is -2.12. The molecule has 0 aliphatic carbocycles. The molecule has 0 saturated carbocycles. The zero-order valence-corrected chi connectivity index (χ0v) is 12.1. The lowest BCUT2D eigenvalue weighted by molar-refractivity contribution is -0.198. The molecule has 0 bridgehead atoms. The third-order valence-corrected chi connectivity index (χ3v) is 2.63. The molecule has 1 saturated heterocycles. The van der Waals surface area contributed by atoms with Crippen molar-refractivity contribution in [2.24, 2.45) is 5.11 Å². The molecule has 0 N–H and O–H groups in total. The Hall–Kier alpha value is -2.16. The second-order valence-electron chi connectivity index (χ2n) is 4.33. The van der Waals surface area contributed by atoms with Gasteiger partial charge in [-0.3, -0.25) is 9.59 Å². The Bertz CT molecular complexity index is 433. The summed E-state index contributed by atoms with van der Waals surface area (Å²) in [7, 11) is 0. The highest BCUT2D eigenvalue weighted by atomic mass is 16.7. The van der Waals surface area contributed by atoms with Gasteiger partial charge in [-0.2, -0.15) is 0 Å². The molecule has 2 amide bonds. The van der Waals surface area contributed by atoms with Gasteiger partial charge in [-0.25, -0.2) is 4.79 Å². The number of hydrogen-bond acceptors (Lipinski definition) is 7. The topological polar surface area (TPSA) is 131 Å². The van der Waals surface area contributed by atoms with Crippen molar-refractivity contribution in [3.8, 4) is 0 Å². The smallest absolute Gasteiger partial charge is 0.335 e. The van der Waals surface area contributed by atoms with E-state index in [1.54, 1.807) is 0 Å². The first-order valence-corrected chi connectivity index (χ1v) is 6.88. The fourth-order valence-electron chi connectivity index (χ4n) is 1.58. The molecule has 10 nitrogen and oxygen atoms in total. The Balaban J connectivity index is 1.96. The highest BCUT2D eigenvalue weighted by molar-refractivity contribution is 6.01. The van der Waals surface area contributed by atoms with Crippen LogP contribution in [0.25, 0.3) is 10.4 Å². The fourth-order valence-corrected chi connectivity index (χ4v) is 1.58. The molecule has 0 aromatic rings. The maximum absolute atomic E-state index is 11.4. The molecule has 1 aliphatic heterocycles. The van der Waals surface area contributed by atoms with Crippen molar-refractivity contribution in [2.75, 3.05) is 33.0 Å². The van der Waals surface area contributed by atoms with Crippen LogP contribution in [0.4, 0.5) is 0 Å². The van der Waals surface area contributed by atoms with Gasteiger partial charge in [-0.05, 0) is 12.0 Å². The van der Waals surface area contributed by atoms with Crippen molar-refractivity contribution < 1.29 is 28.7 Å². The summed E-state index contributed by atoms with van der Waals surface area (Å²) < 4.78 is 10.4. The van der Waals surface area contributed by atoms with Crippen LogP contribution in [-0.2, 0) is 28.7 Å². The van der Waals surface area contributed by atoms with Crippen LogP contribution in [0.15, 0.2) is 5.11 Å². The van der Waals surface area contributed by atoms with Crippen LogP contribution in [0.3, 0.4) is 0 Å². The Morgan fingerprint density at radius 3 is 2.41 bits per heavy atom. The first-order chi connectivity index (χ1) is 10.6. The summed E-state index contributed by atoms with van der Waals surface area (Å²) in [6.07, 6.45) is 0.730. The normalized spacial score (nSPS) is 14.1. The number of hydroxylamine groups is 2. The number of ether oxygens (including phenoxy) is 2. The molecule has 1 heterocycles. The number of nitrogens with zero attached hydrogens (tertiary/aromatic N) is 4. The summed E-state index contributed by atoms with van der Waals surface area (Å²) in [6.45, 7) is 1.64. The largest absolute Gasteiger partial charge is 0.381 e. The number of carbonyl (C=O) groups is 3. The number of amides is 2. The van der Waals surface area contributed by atoms with Gasteiger partial charge in [0.05, 0.1) is 19.6 Å².